The molecule has 0 N–H and O–H groups in total. The summed E-state index contributed by atoms with van der Waals surface area (Å²) in [5.74, 6) is -0.234. The smallest absolute Gasteiger partial charge is 0.242 e. The Morgan fingerprint density at radius 3 is 2.38 bits per heavy atom. The highest BCUT2D eigenvalue weighted by atomic mass is 32.2. The van der Waals surface area contributed by atoms with Gasteiger partial charge in [0.25, 0.3) is 0 Å². The Kier molecular flexibility index (Phi) is 6.45. The lowest BCUT2D eigenvalue weighted by Crippen LogP contribution is -2.32. The van der Waals surface area contributed by atoms with Gasteiger partial charge in [0, 0.05) is 25.0 Å². The van der Waals surface area contributed by atoms with Crippen molar-refractivity contribution in [3.05, 3.63) is 17.7 Å². The summed E-state index contributed by atoms with van der Waals surface area (Å²) in [6.45, 7) is 0. The first-order valence-corrected chi connectivity index (χ1v) is 8.34. The Morgan fingerprint density at radius 1 is 1.27 bits per heavy atom. The highest BCUT2D eigenvalue weighted by molar-refractivity contribution is 8.15. The molecule has 0 bridgehead atoms. The predicted molar refractivity (Wildman–Crippen MR) is 94.9 cm³/mol. The van der Waals surface area contributed by atoms with E-state index in [0.29, 0.717) is 28.0 Å². The molecule has 0 aliphatic carbocycles. The molecule has 140 valence electrons. The van der Waals surface area contributed by atoms with Gasteiger partial charge >= 0.3 is 0 Å². The van der Waals surface area contributed by atoms with E-state index in [0.717, 1.165) is 11.8 Å². The molecule has 0 saturated carbocycles. The summed E-state index contributed by atoms with van der Waals surface area (Å²) in [7, 11) is 6.03. The molecule has 2 rings (SSSR count). The van der Waals surface area contributed by atoms with Crippen LogP contribution in [0.5, 0.6) is 17.2 Å². The molecule has 1 saturated heterocycles. The van der Waals surface area contributed by atoms with Gasteiger partial charge in [-0.25, -0.2) is 0 Å². The molecule has 0 aromatic heterocycles. The number of carboxylic acids is 1. The van der Waals surface area contributed by atoms with Crippen LogP contribution >= 0.6 is 11.8 Å². The number of methoxy groups -OCH3 is 3. The summed E-state index contributed by atoms with van der Waals surface area (Å²) in [6, 6.07) is 3.39. The lowest BCUT2D eigenvalue weighted by molar-refractivity contribution is -0.305. The standard InChI is InChI=1S/C16H19N3O6S/c1-19-15(22)12(7-13(20)21)26-16(19)18-17-8-9-5-10(23-2)14(25-4)11(6-9)24-3/h5-6,8,12H,7H2,1-4H3,(H,20,21)/p-1/b17-8-,18-16-/t12-/m0/s1. The molecule has 1 aromatic rings. The van der Waals surface area contributed by atoms with Crippen molar-refractivity contribution in [3.8, 4) is 17.2 Å². The quantitative estimate of drug-likeness (QED) is 0.487. The van der Waals surface area contributed by atoms with Crippen molar-refractivity contribution >= 4 is 35.0 Å². The normalized spacial score (nSPS) is 18.6. The Bertz CT molecular complexity index is 739. The van der Waals surface area contributed by atoms with E-state index in [2.05, 4.69) is 10.2 Å². The van der Waals surface area contributed by atoms with Crippen LogP contribution in [0.2, 0.25) is 0 Å². The van der Waals surface area contributed by atoms with Crippen molar-refractivity contribution in [1.29, 1.82) is 0 Å². The second-order valence-electron chi connectivity index (χ2n) is 5.17. The molecule has 1 fully saturated rings. The van der Waals surface area contributed by atoms with Gasteiger partial charge in [-0.05, 0) is 12.1 Å². The zero-order valence-corrected chi connectivity index (χ0v) is 15.5. The van der Waals surface area contributed by atoms with Gasteiger partial charge in [-0.3, -0.25) is 9.69 Å². The van der Waals surface area contributed by atoms with Crippen LogP contribution in [0.1, 0.15) is 12.0 Å². The van der Waals surface area contributed by atoms with E-state index >= 15 is 0 Å². The van der Waals surface area contributed by atoms with Crippen molar-refractivity contribution in [1.82, 2.24) is 4.90 Å². The number of hydrogen-bond donors (Lipinski definition) is 0. The van der Waals surface area contributed by atoms with Crippen LogP contribution in [-0.2, 0) is 9.59 Å². The van der Waals surface area contributed by atoms with E-state index in [4.69, 9.17) is 14.2 Å². The monoisotopic (exact) mass is 380 g/mol. The number of carbonyl (C=O) groups excluding carboxylic acids is 2. The lowest BCUT2D eigenvalue weighted by Gasteiger charge is -2.12. The van der Waals surface area contributed by atoms with E-state index in [1.165, 1.54) is 39.5 Å². The van der Waals surface area contributed by atoms with Gasteiger partial charge in [-0.2, -0.15) is 5.10 Å². The fraction of sp³-hybridized carbons (Fsp3) is 0.375. The molecular formula is C16H18N3O6S-. The minimum Gasteiger partial charge on any atom is -0.550 e. The van der Waals surface area contributed by atoms with E-state index in [9.17, 15) is 14.7 Å². The van der Waals surface area contributed by atoms with E-state index in [1.54, 1.807) is 12.1 Å². The molecule has 1 aliphatic rings. The number of amides is 1. The fourth-order valence-electron chi connectivity index (χ4n) is 2.26. The number of aliphatic carboxylic acids is 1. The van der Waals surface area contributed by atoms with Crippen LogP contribution in [0.25, 0.3) is 0 Å². The number of carbonyl (C=O) groups is 2. The van der Waals surface area contributed by atoms with Crippen LogP contribution in [0.4, 0.5) is 0 Å². The Labute approximate surface area is 154 Å². The van der Waals surface area contributed by atoms with Gasteiger partial charge < -0.3 is 24.1 Å². The van der Waals surface area contributed by atoms with Gasteiger partial charge in [0.15, 0.2) is 16.7 Å². The average molecular weight is 380 g/mol. The summed E-state index contributed by atoms with van der Waals surface area (Å²) in [5, 5.41) is 18.2. The maximum absolute atomic E-state index is 12.0. The molecular weight excluding hydrogens is 362 g/mol. The zero-order valence-electron chi connectivity index (χ0n) is 14.7. The van der Waals surface area contributed by atoms with Gasteiger partial charge in [0.1, 0.15) is 0 Å². The summed E-state index contributed by atoms with van der Waals surface area (Å²) in [5.41, 5.74) is 0.645. The summed E-state index contributed by atoms with van der Waals surface area (Å²) >= 11 is 1.03. The average Bonchev–Trinajstić information content (AvgIpc) is 2.88. The molecule has 9 nitrogen and oxygen atoms in total. The predicted octanol–water partition coefficient (Wildman–Crippen LogP) is 0.116. The maximum Gasteiger partial charge on any atom is 0.242 e. The molecule has 26 heavy (non-hydrogen) atoms. The van der Waals surface area contributed by atoms with E-state index in [-0.39, 0.29) is 12.3 Å². The third kappa shape index (κ3) is 4.26. The van der Waals surface area contributed by atoms with E-state index < -0.39 is 11.2 Å². The number of nitrogens with zero attached hydrogens (tertiary/aromatic N) is 3. The Balaban J connectivity index is 2.21. The van der Waals surface area contributed by atoms with Gasteiger partial charge in [-0.15, -0.1) is 5.10 Å². The number of benzene rings is 1. The Morgan fingerprint density at radius 2 is 1.88 bits per heavy atom. The number of thioether (sulfide) groups is 1. The lowest BCUT2D eigenvalue weighted by atomic mass is 10.2. The van der Waals surface area contributed by atoms with Crippen molar-refractivity contribution in [2.24, 2.45) is 10.2 Å². The van der Waals surface area contributed by atoms with Crippen molar-refractivity contribution < 1.29 is 28.9 Å². The highest BCUT2D eigenvalue weighted by Gasteiger charge is 2.35. The zero-order chi connectivity index (χ0) is 19.3. The van der Waals surface area contributed by atoms with Crippen LogP contribution in [0, 0.1) is 0 Å². The summed E-state index contributed by atoms with van der Waals surface area (Å²) in [4.78, 5) is 23.9. The molecule has 1 amide bonds. The minimum absolute atomic E-state index is 0.310. The van der Waals surface area contributed by atoms with Gasteiger partial charge in [-0.1, -0.05) is 11.8 Å². The fourth-order valence-corrected chi connectivity index (χ4v) is 3.33. The SMILES string of the molecule is COc1cc(/C=N\N=C2/S[C@@H](CC(=O)[O-])C(=O)N2C)cc(OC)c1OC. The van der Waals surface area contributed by atoms with Crippen molar-refractivity contribution in [2.45, 2.75) is 11.7 Å². The summed E-state index contributed by atoms with van der Waals surface area (Å²) in [6.07, 6.45) is 1.09. The number of hydrogen-bond acceptors (Lipinski definition) is 9. The first-order valence-electron chi connectivity index (χ1n) is 7.46. The van der Waals surface area contributed by atoms with Crippen molar-refractivity contribution in [2.75, 3.05) is 28.4 Å². The largest absolute Gasteiger partial charge is 0.550 e. The first-order chi connectivity index (χ1) is 12.4. The number of amidine groups is 1. The third-order valence-electron chi connectivity index (χ3n) is 3.53. The maximum atomic E-state index is 12.0. The van der Waals surface area contributed by atoms with Crippen LogP contribution < -0.4 is 19.3 Å². The second kappa shape index (κ2) is 8.56. The molecule has 1 aliphatic heterocycles. The van der Waals surface area contributed by atoms with Gasteiger partial charge in [0.2, 0.25) is 11.7 Å². The Hall–Kier alpha value is -2.75. The van der Waals surface area contributed by atoms with Crippen LogP contribution in [-0.4, -0.2) is 61.8 Å². The topological polar surface area (TPSA) is 113 Å². The molecule has 10 heteroatoms. The number of carboxylic acid groups (broad SMARTS) is 1. The van der Waals surface area contributed by atoms with Crippen molar-refractivity contribution in [3.63, 3.8) is 0 Å². The molecule has 0 spiro atoms. The first kappa shape index (κ1) is 19.6. The molecule has 0 unspecified atom stereocenters. The molecule has 1 atom stereocenters. The van der Waals surface area contributed by atoms with E-state index in [1.807, 2.05) is 0 Å². The van der Waals surface area contributed by atoms with Crippen LogP contribution in [0.15, 0.2) is 22.3 Å². The number of rotatable bonds is 7. The minimum atomic E-state index is -1.29. The second-order valence-corrected chi connectivity index (χ2v) is 6.34. The summed E-state index contributed by atoms with van der Waals surface area (Å²) < 4.78 is 15.8. The third-order valence-corrected chi connectivity index (χ3v) is 4.75. The molecule has 1 heterocycles. The van der Waals surface area contributed by atoms with Gasteiger partial charge in [0.05, 0.1) is 32.8 Å². The highest BCUT2D eigenvalue weighted by Crippen LogP contribution is 2.37. The number of ether oxygens (including phenoxy) is 3. The molecule has 0 radical (unpaired) electrons. The molecule has 1 aromatic carbocycles. The van der Waals surface area contributed by atoms with Crippen LogP contribution in [0.3, 0.4) is 0 Å².